The molecule has 0 heterocycles. The third-order valence-electron chi connectivity index (χ3n) is 3.73. The van der Waals surface area contributed by atoms with Crippen molar-refractivity contribution >= 4 is 5.69 Å². The molecule has 0 fully saturated rings. The van der Waals surface area contributed by atoms with Gasteiger partial charge in [0.1, 0.15) is 0 Å². The lowest BCUT2D eigenvalue weighted by Gasteiger charge is -2.32. The molecule has 1 atom stereocenters. The average Bonchev–Trinajstić information content (AvgIpc) is 2.38. The molecule has 0 aliphatic heterocycles. The smallest absolute Gasteiger partial charge is 0.269 e. The van der Waals surface area contributed by atoms with Gasteiger partial charge in [0.15, 0.2) is 0 Å². The van der Waals surface area contributed by atoms with E-state index in [-0.39, 0.29) is 22.2 Å². The van der Waals surface area contributed by atoms with Crippen molar-refractivity contribution in [2.24, 2.45) is 0 Å². The number of benzene rings is 1. The number of rotatable bonds is 6. The number of hydrogen-bond donors (Lipinski definition) is 1. The van der Waals surface area contributed by atoms with Gasteiger partial charge in [0.05, 0.1) is 4.92 Å². The Balaban J connectivity index is 2.78. The van der Waals surface area contributed by atoms with Crippen LogP contribution in [0.4, 0.5) is 5.69 Å². The van der Waals surface area contributed by atoms with E-state index < -0.39 is 0 Å². The number of nitro benzene ring substituents is 1. The Morgan fingerprint density at radius 1 is 1.28 bits per heavy atom. The molecule has 0 saturated heterocycles. The van der Waals surface area contributed by atoms with Crippen LogP contribution in [-0.4, -0.2) is 10.5 Å². The third kappa shape index (κ3) is 3.53. The van der Waals surface area contributed by atoms with Crippen molar-refractivity contribution in [1.82, 2.24) is 5.32 Å². The Kier molecular flexibility index (Phi) is 4.84. The standard InChI is InChI=1S/C14H22N2O2/c1-5-14(4,6-2)15-11(3)12-7-9-13(10-8-12)16(17)18/h7-11,15H,5-6H2,1-4H3. The molecule has 0 bridgehead atoms. The molecule has 0 amide bonds. The molecule has 0 spiro atoms. The molecule has 18 heavy (non-hydrogen) atoms. The van der Waals surface area contributed by atoms with Gasteiger partial charge in [-0.1, -0.05) is 26.0 Å². The first-order chi connectivity index (χ1) is 8.41. The van der Waals surface area contributed by atoms with Gasteiger partial charge in [-0.05, 0) is 32.3 Å². The quantitative estimate of drug-likeness (QED) is 0.616. The van der Waals surface area contributed by atoms with Crippen molar-refractivity contribution in [3.05, 3.63) is 39.9 Å². The van der Waals surface area contributed by atoms with Crippen LogP contribution in [0.25, 0.3) is 0 Å². The van der Waals surface area contributed by atoms with Gasteiger partial charge in [0, 0.05) is 23.7 Å². The van der Waals surface area contributed by atoms with Crippen LogP contribution in [0.2, 0.25) is 0 Å². The predicted molar refractivity (Wildman–Crippen MR) is 73.6 cm³/mol. The summed E-state index contributed by atoms with van der Waals surface area (Å²) in [5.74, 6) is 0. The van der Waals surface area contributed by atoms with Gasteiger partial charge < -0.3 is 5.32 Å². The van der Waals surface area contributed by atoms with Gasteiger partial charge in [0.2, 0.25) is 0 Å². The van der Waals surface area contributed by atoms with Crippen LogP contribution in [0.5, 0.6) is 0 Å². The number of hydrogen-bond acceptors (Lipinski definition) is 3. The maximum atomic E-state index is 10.6. The minimum atomic E-state index is -0.371. The minimum Gasteiger partial charge on any atom is -0.305 e. The highest BCUT2D eigenvalue weighted by Crippen LogP contribution is 2.22. The molecular formula is C14H22N2O2. The summed E-state index contributed by atoms with van der Waals surface area (Å²) in [6, 6.07) is 6.95. The van der Waals surface area contributed by atoms with Gasteiger partial charge in [-0.25, -0.2) is 0 Å². The van der Waals surface area contributed by atoms with Crippen LogP contribution in [0.3, 0.4) is 0 Å². The van der Waals surface area contributed by atoms with E-state index in [1.165, 1.54) is 0 Å². The van der Waals surface area contributed by atoms with Crippen molar-refractivity contribution in [2.75, 3.05) is 0 Å². The summed E-state index contributed by atoms with van der Waals surface area (Å²) in [5, 5.41) is 14.2. The zero-order valence-corrected chi connectivity index (χ0v) is 11.6. The van der Waals surface area contributed by atoms with E-state index in [2.05, 4.69) is 33.0 Å². The molecule has 0 aliphatic rings. The molecule has 0 aliphatic carbocycles. The Morgan fingerprint density at radius 2 is 1.78 bits per heavy atom. The number of nitrogens with one attached hydrogen (secondary N) is 1. The fraction of sp³-hybridized carbons (Fsp3) is 0.571. The fourth-order valence-corrected chi connectivity index (χ4v) is 1.94. The molecule has 0 aromatic heterocycles. The van der Waals surface area contributed by atoms with E-state index in [1.807, 2.05) is 12.1 Å². The summed E-state index contributed by atoms with van der Waals surface area (Å²) in [6.45, 7) is 8.62. The maximum absolute atomic E-state index is 10.6. The third-order valence-corrected chi connectivity index (χ3v) is 3.73. The normalized spacial score (nSPS) is 13.3. The van der Waals surface area contributed by atoms with Gasteiger partial charge in [0.25, 0.3) is 5.69 Å². The highest BCUT2D eigenvalue weighted by atomic mass is 16.6. The van der Waals surface area contributed by atoms with Crippen LogP contribution >= 0.6 is 0 Å². The SMILES string of the molecule is CCC(C)(CC)NC(C)c1ccc([N+](=O)[O-])cc1. The summed E-state index contributed by atoms with van der Waals surface area (Å²) < 4.78 is 0. The molecule has 0 radical (unpaired) electrons. The van der Waals surface area contributed by atoms with Crippen LogP contribution in [-0.2, 0) is 0 Å². The molecular weight excluding hydrogens is 228 g/mol. The Labute approximate surface area is 109 Å². The molecule has 0 saturated carbocycles. The van der Waals surface area contributed by atoms with E-state index in [0.717, 1.165) is 18.4 Å². The maximum Gasteiger partial charge on any atom is 0.269 e. The largest absolute Gasteiger partial charge is 0.305 e. The highest BCUT2D eigenvalue weighted by Gasteiger charge is 2.22. The van der Waals surface area contributed by atoms with Crippen molar-refractivity contribution in [1.29, 1.82) is 0 Å². The van der Waals surface area contributed by atoms with E-state index in [4.69, 9.17) is 0 Å². The summed E-state index contributed by atoms with van der Waals surface area (Å²) in [4.78, 5) is 10.2. The van der Waals surface area contributed by atoms with Gasteiger partial charge in [-0.15, -0.1) is 0 Å². The van der Waals surface area contributed by atoms with Crippen LogP contribution < -0.4 is 5.32 Å². The molecule has 1 N–H and O–H groups in total. The van der Waals surface area contributed by atoms with Crippen molar-refractivity contribution in [3.8, 4) is 0 Å². The first kappa shape index (κ1) is 14.6. The summed E-state index contributed by atoms with van der Waals surface area (Å²) in [7, 11) is 0. The zero-order chi connectivity index (χ0) is 13.8. The van der Waals surface area contributed by atoms with E-state index >= 15 is 0 Å². The lowest BCUT2D eigenvalue weighted by atomic mass is 9.93. The molecule has 1 aromatic rings. The lowest BCUT2D eigenvalue weighted by Crippen LogP contribution is -2.42. The number of nitrogens with zero attached hydrogens (tertiary/aromatic N) is 1. The Hall–Kier alpha value is -1.42. The van der Waals surface area contributed by atoms with E-state index in [0.29, 0.717) is 0 Å². The van der Waals surface area contributed by atoms with Crippen molar-refractivity contribution < 1.29 is 4.92 Å². The molecule has 4 nitrogen and oxygen atoms in total. The van der Waals surface area contributed by atoms with Gasteiger partial charge in [-0.3, -0.25) is 10.1 Å². The highest BCUT2D eigenvalue weighted by molar-refractivity contribution is 5.34. The Bertz CT molecular complexity index is 397. The fourth-order valence-electron chi connectivity index (χ4n) is 1.94. The summed E-state index contributed by atoms with van der Waals surface area (Å²) in [6.07, 6.45) is 2.11. The molecule has 1 aromatic carbocycles. The van der Waals surface area contributed by atoms with E-state index in [9.17, 15) is 10.1 Å². The second kappa shape index (κ2) is 5.96. The van der Waals surface area contributed by atoms with Crippen LogP contribution in [0.1, 0.15) is 52.1 Å². The average molecular weight is 250 g/mol. The predicted octanol–water partition coefficient (Wildman–Crippen LogP) is 3.82. The first-order valence-corrected chi connectivity index (χ1v) is 6.44. The molecule has 4 heteroatoms. The van der Waals surface area contributed by atoms with E-state index in [1.54, 1.807) is 12.1 Å². The topological polar surface area (TPSA) is 55.2 Å². The van der Waals surface area contributed by atoms with Crippen LogP contribution in [0, 0.1) is 10.1 Å². The molecule has 1 rings (SSSR count). The second-order valence-electron chi connectivity index (χ2n) is 4.98. The number of non-ortho nitro benzene ring substituents is 1. The van der Waals surface area contributed by atoms with Crippen LogP contribution in [0.15, 0.2) is 24.3 Å². The lowest BCUT2D eigenvalue weighted by molar-refractivity contribution is -0.384. The molecule has 1 unspecified atom stereocenters. The van der Waals surface area contributed by atoms with Gasteiger partial charge in [-0.2, -0.15) is 0 Å². The first-order valence-electron chi connectivity index (χ1n) is 6.44. The monoisotopic (exact) mass is 250 g/mol. The number of nitro groups is 1. The van der Waals surface area contributed by atoms with Crippen molar-refractivity contribution in [2.45, 2.75) is 52.1 Å². The van der Waals surface area contributed by atoms with Gasteiger partial charge >= 0.3 is 0 Å². The van der Waals surface area contributed by atoms with Crippen molar-refractivity contribution in [3.63, 3.8) is 0 Å². The Morgan fingerprint density at radius 3 is 2.17 bits per heavy atom. The molecule has 100 valence electrons. The minimum absolute atomic E-state index is 0.112. The zero-order valence-electron chi connectivity index (χ0n) is 11.6. The summed E-state index contributed by atoms with van der Waals surface area (Å²) in [5.41, 5.74) is 1.33. The summed E-state index contributed by atoms with van der Waals surface area (Å²) >= 11 is 0. The second-order valence-corrected chi connectivity index (χ2v) is 4.98.